The van der Waals surface area contributed by atoms with Crippen LogP contribution in [0.5, 0.6) is 5.75 Å². The van der Waals surface area contributed by atoms with Gasteiger partial charge in [-0.3, -0.25) is 0 Å². The number of ether oxygens (including phenoxy) is 1. The molecule has 3 aromatic rings. The first-order chi connectivity index (χ1) is 13.3. The number of hydrogen-bond donors (Lipinski definition) is 0. The topological polar surface area (TPSA) is 35.0 Å². The molecule has 0 bridgehead atoms. The summed E-state index contributed by atoms with van der Waals surface area (Å²) in [6, 6.07) is 12.7. The van der Waals surface area contributed by atoms with Crippen molar-refractivity contribution >= 4 is 10.8 Å². The van der Waals surface area contributed by atoms with Crippen molar-refractivity contribution in [2.75, 3.05) is 6.61 Å². The Labute approximate surface area is 162 Å². The van der Waals surface area contributed by atoms with Gasteiger partial charge in [0.2, 0.25) is 0 Å². The first kappa shape index (κ1) is 19.3. The molecule has 0 aliphatic heterocycles. The van der Waals surface area contributed by atoms with Crippen molar-refractivity contribution in [2.24, 2.45) is 0 Å². The second kappa shape index (κ2) is 10.1. The molecule has 0 aliphatic rings. The standard InChI is InChI=1S/C24H30N2O/c1-3-5-7-9-19-17-25-24(26-18-19)22-11-10-21-16-23(13-12-20(21)15-22)27-14-8-6-4-2/h10-13,15-18H,3-9,14H2,1-2H3. The van der Waals surface area contributed by atoms with Gasteiger partial charge in [0.15, 0.2) is 5.82 Å². The van der Waals surface area contributed by atoms with Crippen molar-refractivity contribution in [1.82, 2.24) is 9.97 Å². The van der Waals surface area contributed by atoms with E-state index in [0.29, 0.717) is 0 Å². The van der Waals surface area contributed by atoms with Gasteiger partial charge < -0.3 is 4.74 Å². The third kappa shape index (κ3) is 5.53. The van der Waals surface area contributed by atoms with Crippen LogP contribution in [-0.2, 0) is 6.42 Å². The summed E-state index contributed by atoms with van der Waals surface area (Å²) in [4.78, 5) is 9.15. The molecule has 0 saturated carbocycles. The molecule has 0 N–H and O–H groups in total. The minimum atomic E-state index is 0.788. The molecule has 0 aliphatic carbocycles. The molecule has 0 radical (unpaired) electrons. The Morgan fingerprint density at radius 2 is 1.48 bits per heavy atom. The average molecular weight is 363 g/mol. The summed E-state index contributed by atoms with van der Waals surface area (Å²) in [5.74, 6) is 1.73. The zero-order chi connectivity index (χ0) is 18.9. The first-order valence-corrected chi connectivity index (χ1v) is 10.3. The van der Waals surface area contributed by atoms with Crippen LogP contribution in [0.1, 0.15) is 57.9 Å². The van der Waals surface area contributed by atoms with Gasteiger partial charge in [-0.2, -0.15) is 0 Å². The fraction of sp³-hybridized carbons (Fsp3) is 0.417. The van der Waals surface area contributed by atoms with E-state index in [9.17, 15) is 0 Å². The smallest absolute Gasteiger partial charge is 0.159 e. The Balaban J connectivity index is 1.69. The number of aromatic nitrogens is 2. The van der Waals surface area contributed by atoms with Crippen molar-refractivity contribution in [2.45, 2.75) is 58.8 Å². The second-order valence-corrected chi connectivity index (χ2v) is 7.15. The lowest BCUT2D eigenvalue weighted by molar-refractivity contribution is 0.306. The largest absolute Gasteiger partial charge is 0.494 e. The molecule has 0 spiro atoms. The van der Waals surface area contributed by atoms with E-state index < -0.39 is 0 Å². The van der Waals surface area contributed by atoms with Crippen molar-refractivity contribution in [3.05, 3.63) is 54.4 Å². The number of aryl methyl sites for hydroxylation is 1. The molecule has 3 rings (SSSR count). The molecule has 27 heavy (non-hydrogen) atoms. The van der Waals surface area contributed by atoms with E-state index in [4.69, 9.17) is 4.74 Å². The Bertz CT molecular complexity index is 843. The fourth-order valence-corrected chi connectivity index (χ4v) is 3.21. The van der Waals surface area contributed by atoms with E-state index in [-0.39, 0.29) is 0 Å². The van der Waals surface area contributed by atoms with Gasteiger partial charge in [0, 0.05) is 18.0 Å². The minimum absolute atomic E-state index is 0.788. The lowest BCUT2D eigenvalue weighted by atomic mass is 10.1. The summed E-state index contributed by atoms with van der Waals surface area (Å²) in [5.41, 5.74) is 2.28. The molecule has 3 heteroatoms. The van der Waals surface area contributed by atoms with Crippen LogP contribution < -0.4 is 4.74 Å². The van der Waals surface area contributed by atoms with Crippen molar-refractivity contribution < 1.29 is 4.74 Å². The molecular formula is C24H30N2O. The maximum Gasteiger partial charge on any atom is 0.159 e. The Hall–Kier alpha value is -2.42. The van der Waals surface area contributed by atoms with Gasteiger partial charge in [0.1, 0.15) is 5.75 Å². The molecule has 3 nitrogen and oxygen atoms in total. The van der Waals surface area contributed by atoms with Crippen LogP contribution in [0.3, 0.4) is 0 Å². The van der Waals surface area contributed by atoms with Gasteiger partial charge in [0.05, 0.1) is 6.61 Å². The molecule has 0 unspecified atom stereocenters. The van der Waals surface area contributed by atoms with Gasteiger partial charge in [-0.05, 0) is 53.8 Å². The summed E-state index contributed by atoms with van der Waals surface area (Å²) in [6.07, 6.45) is 12.2. The van der Waals surface area contributed by atoms with Crippen LogP contribution in [0.25, 0.3) is 22.2 Å². The molecular weight excluding hydrogens is 332 g/mol. The molecule has 0 fully saturated rings. The zero-order valence-electron chi connectivity index (χ0n) is 16.6. The number of benzene rings is 2. The highest BCUT2D eigenvalue weighted by Gasteiger charge is 2.05. The number of hydrogen-bond acceptors (Lipinski definition) is 3. The predicted octanol–water partition coefficient (Wildman–Crippen LogP) is 6.60. The summed E-state index contributed by atoms with van der Waals surface area (Å²) in [7, 11) is 0. The minimum Gasteiger partial charge on any atom is -0.494 e. The number of nitrogens with zero attached hydrogens (tertiary/aromatic N) is 2. The van der Waals surface area contributed by atoms with Crippen LogP contribution in [0.15, 0.2) is 48.8 Å². The van der Waals surface area contributed by atoms with Gasteiger partial charge in [-0.1, -0.05) is 57.7 Å². The molecule has 1 aromatic heterocycles. The normalized spacial score (nSPS) is 11.0. The Kier molecular flexibility index (Phi) is 7.20. The Morgan fingerprint density at radius 3 is 2.26 bits per heavy atom. The van der Waals surface area contributed by atoms with Gasteiger partial charge in [-0.25, -0.2) is 9.97 Å². The third-order valence-electron chi connectivity index (χ3n) is 4.86. The lowest BCUT2D eigenvalue weighted by Gasteiger charge is -2.08. The number of rotatable bonds is 10. The van der Waals surface area contributed by atoms with Crippen LogP contribution in [0, 0.1) is 0 Å². The molecule has 0 amide bonds. The fourth-order valence-electron chi connectivity index (χ4n) is 3.21. The van der Waals surface area contributed by atoms with Crippen molar-refractivity contribution in [1.29, 1.82) is 0 Å². The quantitative estimate of drug-likeness (QED) is 0.381. The van der Waals surface area contributed by atoms with Crippen LogP contribution in [0.4, 0.5) is 0 Å². The predicted molar refractivity (Wildman–Crippen MR) is 113 cm³/mol. The van der Waals surface area contributed by atoms with E-state index in [1.807, 2.05) is 12.4 Å². The SMILES string of the molecule is CCCCCOc1ccc2cc(-c3ncc(CCCCC)cn3)ccc2c1. The Morgan fingerprint density at radius 1 is 0.778 bits per heavy atom. The zero-order valence-corrected chi connectivity index (χ0v) is 16.6. The molecule has 0 saturated heterocycles. The van der Waals surface area contributed by atoms with Crippen LogP contribution in [0.2, 0.25) is 0 Å². The van der Waals surface area contributed by atoms with Crippen LogP contribution >= 0.6 is 0 Å². The molecule has 2 aromatic carbocycles. The van der Waals surface area contributed by atoms with Crippen LogP contribution in [-0.4, -0.2) is 16.6 Å². The number of fused-ring (bicyclic) bond motifs is 1. The average Bonchev–Trinajstić information content (AvgIpc) is 2.71. The van der Waals surface area contributed by atoms with E-state index in [1.165, 1.54) is 48.4 Å². The second-order valence-electron chi connectivity index (χ2n) is 7.15. The summed E-state index contributed by atoms with van der Waals surface area (Å²) in [6.45, 7) is 5.22. The molecule has 0 atom stereocenters. The van der Waals surface area contributed by atoms with E-state index >= 15 is 0 Å². The maximum atomic E-state index is 5.86. The highest BCUT2D eigenvalue weighted by Crippen LogP contribution is 2.25. The molecule has 142 valence electrons. The number of unbranched alkanes of at least 4 members (excludes halogenated alkanes) is 4. The summed E-state index contributed by atoms with van der Waals surface area (Å²) < 4.78 is 5.86. The highest BCUT2D eigenvalue weighted by molar-refractivity contribution is 5.87. The lowest BCUT2D eigenvalue weighted by Crippen LogP contribution is -1.96. The summed E-state index contributed by atoms with van der Waals surface area (Å²) >= 11 is 0. The van der Waals surface area contributed by atoms with Crippen molar-refractivity contribution in [3.63, 3.8) is 0 Å². The van der Waals surface area contributed by atoms with Gasteiger partial charge >= 0.3 is 0 Å². The third-order valence-corrected chi connectivity index (χ3v) is 4.86. The monoisotopic (exact) mass is 362 g/mol. The van der Waals surface area contributed by atoms with Crippen molar-refractivity contribution in [3.8, 4) is 17.1 Å². The first-order valence-electron chi connectivity index (χ1n) is 10.3. The van der Waals surface area contributed by atoms with E-state index in [2.05, 4.69) is 60.2 Å². The summed E-state index contributed by atoms with van der Waals surface area (Å²) in [5, 5.41) is 2.37. The van der Waals surface area contributed by atoms with Gasteiger partial charge in [0.25, 0.3) is 0 Å². The maximum absolute atomic E-state index is 5.86. The molecule has 1 heterocycles. The van der Waals surface area contributed by atoms with E-state index in [1.54, 1.807) is 0 Å². The van der Waals surface area contributed by atoms with E-state index in [0.717, 1.165) is 36.6 Å². The highest BCUT2D eigenvalue weighted by atomic mass is 16.5. The van der Waals surface area contributed by atoms with Gasteiger partial charge in [-0.15, -0.1) is 0 Å².